The molecule has 7 heteroatoms. The fourth-order valence-electron chi connectivity index (χ4n) is 1.74. The summed E-state index contributed by atoms with van der Waals surface area (Å²) in [4.78, 5) is 12.9. The van der Waals surface area contributed by atoms with Crippen molar-refractivity contribution < 1.29 is 4.74 Å². The number of pyridine rings is 1. The second-order valence-corrected chi connectivity index (χ2v) is 11.8. The van der Waals surface area contributed by atoms with E-state index < -0.39 is 10.0 Å². The van der Waals surface area contributed by atoms with E-state index in [1.807, 2.05) is 0 Å². The maximum absolute atomic E-state index is 6.06. The molecule has 0 aromatic carbocycles. The average Bonchev–Trinajstić information content (AvgIpc) is 2.45. The molecule has 0 spiro atoms. The molecule has 0 radical (unpaired) electrons. The molecule has 0 bridgehead atoms. The van der Waals surface area contributed by atoms with E-state index in [0.717, 1.165) is 24.3 Å². The van der Waals surface area contributed by atoms with Crippen LogP contribution in [-0.2, 0) is 4.74 Å². The smallest absolute Gasteiger partial charge is 0.139 e. The Morgan fingerprint density at radius 3 is 2.58 bits per heavy atom. The molecular weight excluding hydrogens is 344 g/mol. The maximum Gasteiger partial charge on any atom is 0.139 e. The standard InChI is InChI=1S/C17H29ClN4OS/c1-13(2)10-16(21-12-23-8-9-24(3,4)5)22-17(19)14-6-7-15(18)20-11-14/h6-7,11,13H,8-10,12H2,1-5H3,(H2,19,21,22). The Hall–Kier alpha value is -1.11. The molecule has 0 fully saturated rings. The summed E-state index contributed by atoms with van der Waals surface area (Å²) in [6.07, 6.45) is 9.17. The van der Waals surface area contributed by atoms with Gasteiger partial charge in [0.25, 0.3) is 0 Å². The Morgan fingerprint density at radius 1 is 1.33 bits per heavy atom. The van der Waals surface area contributed by atoms with Crippen LogP contribution in [0.25, 0.3) is 0 Å². The van der Waals surface area contributed by atoms with Crippen LogP contribution in [0.5, 0.6) is 0 Å². The van der Waals surface area contributed by atoms with Crippen LogP contribution in [0.3, 0.4) is 0 Å². The monoisotopic (exact) mass is 372 g/mol. The van der Waals surface area contributed by atoms with Gasteiger partial charge in [-0.2, -0.15) is 0 Å². The molecule has 1 aromatic heterocycles. The number of nitrogens with two attached hydrogens (primary N) is 1. The van der Waals surface area contributed by atoms with E-state index in [4.69, 9.17) is 22.1 Å². The Bertz CT molecular complexity index is 565. The van der Waals surface area contributed by atoms with Gasteiger partial charge in [-0.05, 0) is 36.8 Å². The van der Waals surface area contributed by atoms with E-state index >= 15 is 0 Å². The van der Waals surface area contributed by atoms with Crippen molar-refractivity contribution in [3.8, 4) is 0 Å². The number of aliphatic imine (C=N–C) groups is 2. The van der Waals surface area contributed by atoms with Crippen molar-refractivity contribution in [3.63, 3.8) is 0 Å². The van der Waals surface area contributed by atoms with Gasteiger partial charge in [-0.15, -0.1) is 0 Å². The Kier molecular flexibility index (Phi) is 8.73. The van der Waals surface area contributed by atoms with Gasteiger partial charge in [0, 0.05) is 23.9 Å². The van der Waals surface area contributed by atoms with Crippen molar-refractivity contribution in [2.24, 2.45) is 21.6 Å². The van der Waals surface area contributed by atoms with Gasteiger partial charge in [0.1, 0.15) is 23.6 Å². The lowest BCUT2D eigenvalue weighted by atomic mass is 10.1. The topological polar surface area (TPSA) is 72.9 Å². The first kappa shape index (κ1) is 20.9. The van der Waals surface area contributed by atoms with Crippen LogP contribution in [0.2, 0.25) is 5.15 Å². The number of ether oxygens (including phenoxy) is 1. The van der Waals surface area contributed by atoms with E-state index in [0.29, 0.717) is 29.5 Å². The molecule has 136 valence electrons. The largest absolute Gasteiger partial charge is 0.383 e. The Labute approximate surface area is 152 Å². The first-order chi connectivity index (χ1) is 11.2. The average molecular weight is 373 g/mol. The zero-order valence-corrected chi connectivity index (χ0v) is 16.8. The zero-order chi connectivity index (χ0) is 18.2. The van der Waals surface area contributed by atoms with E-state index in [9.17, 15) is 0 Å². The third kappa shape index (κ3) is 9.25. The number of hydrogen-bond acceptors (Lipinski definition) is 3. The van der Waals surface area contributed by atoms with Gasteiger partial charge < -0.3 is 10.5 Å². The van der Waals surface area contributed by atoms with Gasteiger partial charge >= 0.3 is 0 Å². The van der Waals surface area contributed by atoms with Crippen LogP contribution in [0.4, 0.5) is 0 Å². The molecule has 0 saturated heterocycles. The summed E-state index contributed by atoms with van der Waals surface area (Å²) in [6, 6.07) is 3.49. The van der Waals surface area contributed by atoms with E-state index in [1.165, 1.54) is 0 Å². The van der Waals surface area contributed by atoms with Crippen LogP contribution in [0, 0.1) is 5.92 Å². The number of rotatable bonds is 8. The molecule has 0 saturated carbocycles. The van der Waals surface area contributed by atoms with Gasteiger partial charge in [0.15, 0.2) is 0 Å². The molecule has 0 aliphatic heterocycles. The third-order valence-corrected chi connectivity index (χ3v) is 4.66. The van der Waals surface area contributed by atoms with E-state index in [-0.39, 0.29) is 0 Å². The van der Waals surface area contributed by atoms with Crippen molar-refractivity contribution in [3.05, 3.63) is 29.0 Å². The van der Waals surface area contributed by atoms with Crippen LogP contribution in [-0.4, -0.2) is 54.5 Å². The molecule has 5 nitrogen and oxygen atoms in total. The number of aromatic nitrogens is 1. The number of halogens is 1. The lowest BCUT2D eigenvalue weighted by molar-refractivity contribution is 0.158. The second kappa shape index (κ2) is 10.0. The van der Waals surface area contributed by atoms with Crippen LogP contribution in [0.15, 0.2) is 28.3 Å². The lowest BCUT2D eigenvalue weighted by Crippen LogP contribution is -2.17. The molecule has 24 heavy (non-hydrogen) atoms. The number of hydrogen-bond donors (Lipinski definition) is 1. The van der Waals surface area contributed by atoms with Crippen molar-refractivity contribution >= 4 is 33.3 Å². The SMILES string of the molecule is CC(C)CC(=NCOCCS(C)(C)C)N=C(N)c1ccc(Cl)nc1. The highest BCUT2D eigenvalue weighted by atomic mass is 35.5. The second-order valence-electron chi connectivity index (χ2n) is 6.87. The van der Waals surface area contributed by atoms with Gasteiger partial charge in [0.05, 0.1) is 6.61 Å². The Morgan fingerprint density at radius 2 is 2.04 bits per heavy atom. The molecule has 0 atom stereocenters. The summed E-state index contributed by atoms with van der Waals surface area (Å²) >= 11 is 5.79. The van der Waals surface area contributed by atoms with Gasteiger partial charge in [-0.3, -0.25) is 0 Å². The molecule has 0 unspecified atom stereocenters. The quantitative estimate of drug-likeness (QED) is 0.328. The minimum Gasteiger partial charge on any atom is -0.383 e. The highest BCUT2D eigenvalue weighted by molar-refractivity contribution is 8.32. The fraction of sp³-hybridized carbons (Fsp3) is 0.588. The normalized spacial score (nSPS) is 14.3. The molecule has 0 amide bonds. The molecule has 0 aliphatic carbocycles. The van der Waals surface area contributed by atoms with Crippen molar-refractivity contribution in [1.29, 1.82) is 0 Å². The van der Waals surface area contributed by atoms with Gasteiger partial charge in [0.2, 0.25) is 0 Å². The summed E-state index contributed by atoms with van der Waals surface area (Å²) in [5.41, 5.74) is 6.79. The van der Waals surface area contributed by atoms with Crippen LogP contribution < -0.4 is 5.73 Å². The third-order valence-electron chi connectivity index (χ3n) is 3.04. The van der Waals surface area contributed by atoms with Gasteiger partial charge in [-0.1, -0.05) is 25.4 Å². The summed E-state index contributed by atoms with van der Waals surface area (Å²) in [5.74, 6) is 2.59. The maximum atomic E-state index is 6.06. The summed E-state index contributed by atoms with van der Waals surface area (Å²) in [7, 11) is -0.541. The first-order valence-electron chi connectivity index (χ1n) is 7.90. The molecule has 0 aliphatic rings. The van der Waals surface area contributed by atoms with E-state index in [2.05, 4.69) is 47.6 Å². The van der Waals surface area contributed by atoms with Gasteiger partial charge in [-0.25, -0.2) is 25.0 Å². The highest BCUT2D eigenvalue weighted by Crippen LogP contribution is 2.33. The minimum atomic E-state index is -0.541. The lowest BCUT2D eigenvalue weighted by Gasteiger charge is -2.24. The summed E-state index contributed by atoms with van der Waals surface area (Å²) in [5, 5.41) is 0.428. The molecule has 2 N–H and O–H groups in total. The van der Waals surface area contributed by atoms with E-state index in [1.54, 1.807) is 18.3 Å². The van der Waals surface area contributed by atoms with Crippen molar-refractivity contribution in [2.75, 3.05) is 37.9 Å². The predicted molar refractivity (Wildman–Crippen MR) is 108 cm³/mol. The highest BCUT2D eigenvalue weighted by Gasteiger charge is 2.06. The number of nitrogens with zero attached hydrogens (tertiary/aromatic N) is 3. The molecule has 1 aromatic rings. The summed E-state index contributed by atoms with van der Waals surface area (Å²) in [6.45, 7) is 5.27. The first-order valence-corrected chi connectivity index (χ1v) is 11.3. The molecule has 1 heterocycles. The molecule has 1 rings (SSSR count). The number of amidine groups is 2. The van der Waals surface area contributed by atoms with Crippen molar-refractivity contribution in [2.45, 2.75) is 20.3 Å². The Balaban J connectivity index is 2.71. The predicted octanol–water partition coefficient (Wildman–Crippen LogP) is 3.55. The van der Waals surface area contributed by atoms with Crippen LogP contribution in [0.1, 0.15) is 25.8 Å². The summed E-state index contributed by atoms with van der Waals surface area (Å²) < 4.78 is 5.62. The molecular formula is C17H29ClN4OS. The zero-order valence-electron chi connectivity index (χ0n) is 15.3. The van der Waals surface area contributed by atoms with Crippen LogP contribution >= 0.6 is 21.6 Å². The minimum absolute atomic E-state index is 0.313. The van der Waals surface area contributed by atoms with Crippen molar-refractivity contribution in [1.82, 2.24) is 4.98 Å². The fourth-order valence-corrected chi connectivity index (χ4v) is 2.46.